The van der Waals surface area contributed by atoms with Crippen LogP contribution >= 0.6 is 22.9 Å². The number of fused-ring (bicyclic) bond motifs is 1. The third kappa shape index (κ3) is 3.56. The fraction of sp³-hybridized carbons (Fsp3) is 0.174. The molecule has 0 spiro atoms. The lowest BCUT2D eigenvalue weighted by Crippen LogP contribution is -2.29. The van der Waals surface area contributed by atoms with Crippen LogP contribution in [0.4, 0.5) is 5.00 Å². The number of thiophene rings is 1. The van der Waals surface area contributed by atoms with Gasteiger partial charge >= 0.3 is 0 Å². The van der Waals surface area contributed by atoms with Gasteiger partial charge in [-0.05, 0) is 46.7 Å². The second-order valence-corrected chi connectivity index (χ2v) is 10.8. The third-order valence-electron chi connectivity index (χ3n) is 5.05. The number of amides is 2. The maximum absolute atomic E-state index is 13.4. The number of hydrogen-bond acceptors (Lipinski definition) is 5. The molecule has 5 nitrogen and oxygen atoms in total. The zero-order chi connectivity index (χ0) is 22.5. The van der Waals surface area contributed by atoms with E-state index in [2.05, 4.69) is 20.8 Å². The number of halogens is 1. The van der Waals surface area contributed by atoms with Crippen LogP contribution in [0, 0.1) is 11.3 Å². The summed E-state index contributed by atoms with van der Waals surface area (Å²) in [6.07, 6.45) is 0. The van der Waals surface area contributed by atoms with Gasteiger partial charge in [-0.25, -0.2) is 4.90 Å². The fourth-order valence-electron chi connectivity index (χ4n) is 3.40. The normalized spacial score (nSPS) is 14.5. The van der Waals surface area contributed by atoms with Gasteiger partial charge in [0.2, 0.25) is 0 Å². The molecule has 1 aliphatic heterocycles. The van der Waals surface area contributed by atoms with Gasteiger partial charge in [0.15, 0.2) is 9.79 Å². The van der Waals surface area contributed by atoms with Gasteiger partial charge < -0.3 is 4.55 Å². The summed E-state index contributed by atoms with van der Waals surface area (Å²) in [4.78, 5) is 28.0. The number of carbonyl (C=O) groups excluding carboxylic acids is 2. The molecule has 0 saturated carbocycles. The first kappa shape index (κ1) is 21.6. The second kappa shape index (κ2) is 7.81. The summed E-state index contributed by atoms with van der Waals surface area (Å²) in [6.45, 7) is 6.26. The fourth-order valence-corrected chi connectivity index (χ4v) is 5.69. The van der Waals surface area contributed by atoms with E-state index in [-0.39, 0.29) is 37.0 Å². The molecule has 3 aromatic rings. The molecule has 1 atom stereocenters. The number of nitrogens with zero attached hydrogens (tertiary/aromatic N) is 2. The van der Waals surface area contributed by atoms with Gasteiger partial charge in [0.25, 0.3) is 11.8 Å². The Morgan fingerprint density at radius 1 is 1.03 bits per heavy atom. The van der Waals surface area contributed by atoms with Crippen LogP contribution in [-0.4, -0.2) is 16.4 Å². The van der Waals surface area contributed by atoms with Crippen LogP contribution in [-0.2, 0) is 16.6 Å². The Morgan fingerprint density at radius 3 is 2.29 bits per heavy atom. The van der Waals surface area contributed by atoms with Gasteiger partial charge in [0.1, 0.15) is 16.6 Å². The second-order valence-electron chi connectivity index (χ2n) is 8.04. The summed E-state index contributed by atoms with van der Waals surface area (Å²) in [5.74, 6) is -1.25. The van der Waals surface area contributed by atoms with Crippen molar-refractivity contribution >= 4 is 50.9 Å². The highest BCUT2D eigenvalue weighted by Crippen LogP contribution is 2.40. The van der Waals surface area contributed by atoms with E-state index in [1.54, 1.807) is 23.6 Å². The van der Waals surface area contributed by atoms with Gasteiger partial charge in [-0.3, -0.25) is 9.59 Å². The van der Waals surface area contributed by atoms with E-state index in [1.807, 2.05) is 18.2 Å². The van der Waals surface area contributed by atoms with Gasteiger partial charge in [0, 0.05) is 11.2 Å². The van der Waals surface area contributed by atoms with E-state index >= 15 is 0 Å². The van der Waals surface area contributed by atoms with Crippen molar-refractivity contribution in [2.45, 2.75) is 36.0 Å². The molecule has 0 saturated heterocycles. The molecule has 156 valence electrons. The van der Waals surface area contributed by atoms with Crippen molar-refractivity contribution < 1.29 is 14.1 Å². The molecule has 2 amide bonds. The van der Waals surface area contributed by atoms with E-state index in [0.717, 1.165) is 21.8 Å². The summed E-state index contributed by atoms with van der Waals surface area (Å²) in [7, 11) is 0. The van der Waals surface area contributed by atoms with Crippen molar-refractivity contribution in [1.82, 2.24) is 0 Å². The molecular formula is C23H17ClN2O3S2. The monoisotopic (exact) mass is 468 g/mol. The lowest BCUT2D eigenvalue weighted by molar-refractivity contribution is 0.0926. The molecule has 0 N–H and O–H groups in total. The summed E-state index contributed by atoms with van der Waals surface area (Å²) in [5, 5.41) is 11.3. The number of benzene rings is 2. The predicted octanol–water partition coefficient (Wildman–Crippen LogP) is 5.54. The quantitative estimate of drug-likeness (QED) is 0.373. The van der Waals surface area contributed by atoms with E-state index in [0.29, 0.717) is 4.90 Å². The number of anilines is 1. The highest BCUT2D eigenvalue weighted by atomic mass is 35.5. The predicted molar refractivity (Wildman–Crippen MR) is 121 cm³/mol. The lowest BCUT2D eigenvalue weighted by atomic mass is 9.87. The first-order valence-corrected chi connectivity index (χ1v) is 11.8. The van der Waals surface area contributed by atoms with E-state index in [1.165, 1.54) is 12.1 Å². The summed E-state index contributed by atoms with van der Waals surface area (Å²) >= 11 is 5.68. The molecule has 0 bridgehead atoms. The van der Waals surface area contributed by atoms with Crippen LogP contribution in [0.2, 0.25) is 5.02 Å². The zero-order valence-corrected chi connectivity index (χ0v) is 19.3. The van der Waals surface area contributed by atoms with Crippen LogP contribution in [0.3, 0.4) is 0 Å². The molecule has 1 unspecified atom stereocenters. The van der Waals surface area contributed by atoms with Crippen LogP contribution < -0.4 is 4.90 Å². The molecule has 31 heavy (non-hydrogen) atoms. The van der Waals surface area contributed by atoms with Crippen LogP contribution in [0.15, 0.2) is 57.6 Å². The van der Waals surface area contributed by atoms with Crippen molar-refractivity contribution in [1.29, 1.82) is 5.26 Å². The van der Waals surface area contributed by atoms with E-state index in [4.69, 9.17) is 11.6 Å². The number of carbonyl (C=O) groups is 2. The van der Waals surface area contributed by atoms with Crippen molar-refractivity contribution in [3.8, 4) is 6.07 Å². The van der Waals surface area contributed by atoms with Crippen LogP contribution in [0.1, 0.15) is 52.6 Å². The van der Waals surface area contributed by atoms with E-state index < -0.39 is 23.0 Å². The molecule has 0 fully saturated rings. The average Bonchev–Trinajstić information content (AvgIpc) is 3.30. The maximum atomic E-state index is 13.4. The van der Waals surface area contributed by atoms with Crippen molar-refractivity contribution in [3.63, 3.8) is 0 Å². The lowest BCUT2D eigenvalue weighted by Gasteiger charge is -2.19. The standard InChI is InChI=1S/C23H17ClN2O3S2/c1-23(2,3)14-4-6-15(7-5-14)31(29)17-9-8-16(24)18-19(17)21(28)26(20(18)27)22-13(12-25)10-11-30-22/h4-11H,1-3H3. The Kier molecular flexibility index (Phi) is 5.44. The topological polar surface area (TPSA) is 84.2 Å². The Morgan fingerprint density at radius 2 is 1.68 bits per heavy atom. The molecule has 1 aromatic heterocycles. The highest BCUT2D eigenvalue weighted by molar-refractivity contribution is 7.91. The molecule has 2 heterocycles. The number of nitriles is 1. The van der Waals surface area contributed by atoms with Crippen molar-refractivity contribution in [3.05, 3.63) is 75.1 Å². The van der Waals surface area contributed by atoms with Crippen molar-refractivity contribution in [2.24, 2.45) is 0 Å². The minimum atomic E-state index is -1.70. The Balaban J connectivity index is 1.80. The average molecular weight is 469 g/mol. The van der Waals surface area contributed by atoms with Gasteiger partial charge in [0.05, 0.1) is 16.1 Å². The molecule has 8 heteroatoms. The zero-order valence-electron chi connectivity index (χ0n) is 16.9. The Hall–Kier alpha value is -2.63. The largest absolute Gasteiger partial charge is 0.606 e. The number of imide groups is 1. The minimum Gasteiger partial charge on any atom is -0.606 e. The smallest absolute Gasteiger partial charge is 0.272 e. The maximum Gasteiger partial charge on any atom is 0.272 e. The molecular weight excluding hydrogens is 452 g/mol. The van der Waals surface area contributed by atoms with Crippen LogP contribution in [0.25, 0.3) is 0 Å². The number of rotatable bonds is 3. The summed E-state index contributed by atoms with van der Waals surface area (Å²) in [6, 6.07) is 13.9. The van der Waals surface area contributed by atoms with Gasteiger partial charge in [-0.15, -0.1) is 11.3 Å². The number of hydrogen-bond donors (Lipinski definition) is 0. The molecule has 1 aliphatic rings. The summed E-state index contributed by atoms with van der Waals surface area (Å²) < 4.78 is 13.4. The van der Waals surface area contributed by atoms with Crippen molar-refractivity contribution in [2.75, 3.05) is 4.90 Å². The Bertz CT molecular complexity index is 1250. The Labute approximate surface area is 192 Å². The van der Waals surface area contributed by atoms with E-state index in [9.17, 15) is 19.4 Å². The molecule has 2 aromatic carbocycles. The first-order chi connectivity index (χ1) is 14.6. The molecule has 0 aliphatic carbocycles. The summed E-state index contributed by atoms with van der Waals surface area (Å²) in [5.41, 5.74) is 1.29. The van der Waals surface area contributed by atoms with Crippen LogP contribution in [0.5, 0.6) is 0 Å². The highest BCUT2D eigenvalue weighted by Gasteiger charge is 2.44. The SMILES string of the molecule is CC(C)(C)c1ccc([S+]([O-])c2ccc(Cl)c3c2C(=O)N(c2sccc2C#N)C3=O)cc1. The minimum absolute atomic E-state index is 0.0149. The first-order valence-electron chi connectivity index (χ1n) is 9.36. The molecule has 0 radical (unpaired) electrons. The molecule has 4 rings (SSSR count). The van der Waals surface area contributed by atoms with Gasteiger partial charge in [-0.1, -0.05) is 44.5 Å². The third-order valence-corrected chi connectivity index (χ3v) is 7.71. The van der Waals surface area contributed by atoms with Gasteiger partial charge in [-0.2, -0.15) is 5.26 Å².